The van der Waals surface area contributed by atoms with Crippen LogP contribution >= 0.6 is 27.5 Å². The summed E-state index contributed by atoms with van der Waals surface area (Å²) in [5.41, 5.74) is 1.46. The van der Waals surface area contributed by atoms with Gasteiger partial charge in [0, 0.05) is 33.8 Å². The van der Waals surface area contributed by atoms with Crippen LogP contribution in [0.2, 0.25) is 5.02 Å². The molecule has 24 heavy (non-hydrogen) atoms. The molecule has 0 radical (unpaired) electrons. The first kappa shape index (κ1) is 16.8. The molecule has 3 amide bonds. The molecule has 0 spiro atoms. The molecule has 0 saturated carbocycles. The number of nitrogens with zero attached hydrogens (tertiary/aromatic N) is 1. The number of nitrogens with one attached hydrogen (secondary N) is 2. The molecular formula is C17H15BrClN3O2. The fraction of sp³-hybridized carbons (Fsp3) is 0.176. The summed E-state index contributed by atoms with van der Waals surface area (Å²) in [5.74, 6) is -0.0231. The Labute approximate surface area is 153 Å². The molecule has 0 aromatic heterocycles. The number of hydrogen-bond acceptors (Lipinski definition) is 2. The summed E-state index contributed by atoms with van der Waals surface area (Å²) in [7, 11) is 0. The lowest BCUT2D eigenvalue weighted by Gasteiger charge is -2.17. The molecule has 2 aromatic carbocycles. The molecule has 1 atom stereocenters. The molecule has 124 valence electrons. The van der Waals surface area contributed by atoms with E-state index < -0.39 is 0 Å². The maximum atomic E-state index is 12.2. The van der Waals surface area contributed by atoms with Gasteiger partial charge in [-0.3, -0.25) is 4.79 Å². The van der Waals surface area contributed by atoms with Crippen molar-refractivity contribution in [2.75, 3.05) is 16.8 Å². The fourth-order valence-electron chi connectivity index (χ4n) is 2.59. The van der Waals surface area contributed by atoms with Crippen LogP contribution in [0.15, 0.2) is 53.0 Å². The van der Waals surface area contributed by atoms with Crippen LogP contribution in [-0.4, -0.2) is 24.5 Å². The molecule has 3 rings (SSSR count). The van der Waals surface area contributed by atoms with E-state index in [0.29, 0.717) is 17.3 Å². The number of anilines is 2. The van der Waals surface area contributed by atoms with Crippen molar-refractivity contribution >= 4 is 50.8 Å². The normalized spacial score (nSPS) is 17.0. The van der Waals surface area contributed by atoms with Crippen molar-refractivity contribution in [2.45, 2.75) is 12.5 Å². The van der Waals surface area contributed by atoms with Crippen molar-refractivity contribution in [2.24, 2.45) is 0 Å². The average Bonchev–Trinajstić information content (AvgIpc) is 2.88. The highest BCUT2D eigenvalue weighted by molar-refractivity contribution is 9.10. The van der Waals surface area contributed by atoms with E-state index in [0.717, 1.165) is 10.2 Å². The lowest BCUT2D eigenvalue weighted by atomic mass is 10.2. The summed E-state index contributed by atoms with van der Waals surface area (Å²) in [6.07, 6.45) is 0.272. The largest absolute Gasteiger partial charge is 0.333 e. The Morgan fingerprint density at radius 2 is 1.96 bits per heavy atom. The van der Waals surface area contributed by atoms with Crippen molar-refractivity contribution < 1.29 is 9.59 Å². The second kappa shape index (κ2) is 7.23. The molecule has 2 aromatic rings. The van der Waals surface area contributed by atoms with E-state index in [1.807, 2.05) is 12.1 Å². The van der Waals surface area contributed by atoms with Gasteiger partial charge in [0.25, 0.3) is 0 Å². The molecule has 1 heterocycles. The van der Waals surface area contributed by atoms with Crippen LogP contribution in [0, 0.1) is 0 Å². The smallest absolute Gasteiger partial charge is 0.319 e. The second-order valence-corrected chi connectivity index (χ2v) is 6.84. The fourth-order valence-corrected chi connectivity index (χ4v) is 3.12. The van der Waals surface area contributed by atoms with Crippen molar-refractivity contribution in [1.29, 1.82) is 0 Å². The van der Waals surface area contributed by atoms with Gasteiger partial charge in [-0.2, -0.15) is 0 Å². The summed E-state index contributed by atoms with van der Waals surface area (Å²) >= 11 is 9.22. The molecular weight excluding hydrogens is 394 g/mol. The molecule has 0 bridgehead atoms. The Morgan fingerprint density at radius 1 is 1.21 bits per heavy atom. The molecule has 2 N–H and O–H groups in total. The number of benzene rings is 2. The number of rotatable bonds is 3. The van der Waals surface area contributed by atoms with Crippen LogP contribution in [0.5, 0.6) is 0 Å². The third-order valence-electron chi connectivity index (χ3n) is 3.68. The van der Waals surface area contributed by atoms with Gasteiger partial charge in [0.15, 0.2) is 0 Å². The highest BCUT2D eigenvalue weighted by Gasteiger charge is 2.31. The zero-order valence-electron chi connectivity index (χ0n) is 12.6. The summed E-state index contributed by atoms with van der Waals surface area (Å²) in [6, 6.07) is 13.8. The maximum Gasteiger partial charge on any atom is 0.319 e. The Kier molecular flexibility index (Phi) is 5.06. The second-order valence-electron chi connectivity index (χ2n) is 5.49. The molecule has 5 nitrogen and oxygen atoms in total. The summed E-state index contributed by atoms with van der Waals surface area (Å²) in [6.45, 7) is 0.437. The Morgan fingerprint density at radius 3 is 2.67 bits per heavy atom. The van der Waals surface area contributed by atoms with E-state index in [4.69, 9.17) is 11.6 Å². The number of carbonyl (C=O) groups is 2. The van der Waals surface area contributed by atoms with Gasteiger partial charge in [0.2, 0.25) is 5.91 Å². The topological polar surface area (TPSA) is 61.4 Å². The quantitative estimate of drug-likeness (QED) is 0.805. The van der Waals surface area contributed by atoms with Crippen LogP contribution in [-0.2, 0) is 4.79 Å². The van der Waals surface area contributed by atoms with E-state index in [1.165, 1.54) is 0 Å². The van der Waals surface area contributed by atoms with Gasteiger partial charge in [-0.05, 0) is 42.5 Å². The van der Waals surface area contributed by atoms with E-state index in [2.05, 4.69) is 26.6 Å². The van der Waals surface area contributed by atoms with Crippen LogP contribution in [0.1, 0.15) is 6.42 Å². The van der Waals surface area contributed by atoms with E-state index in [1.54, 1.807) is 41.3 Å². The highest BCUT2D eigenvalue weighted by atomic mass is 79.9. The molecule has 1 saturated heterocycles. The molecule has 1 aliphatic rings. The van der Waals surface area contributed by atoms with Crippen molar-refractivity contribution in [3.05, 3.63) is 58.0 Å². The third kappa shape index (κ3) is 4.07. The number of amides is 3. The highest BCUT2D eigenvalue weighted by Crippen LogP contribution is 2.23. The van der Waals surface area contributed by atoms with Gasteiger partial charge < -0.3 is 15.5 Å². The number of hydrogen-bond donors (Lipinski definition) is 2. The number of urea groups is 1. The van der Waals surface area contributed by atoms with Crippen LogP contribution in [0.25, 0.3) is 0 Å². The molecule has 7 heteroatoms. The summed E-state index contributed by atoms with van der Waals surface area (Å²) in [4.78, 5) is 25.9. The van der Waals surface area contributed by atoms with Gasteiger partial charge in [0.1, 0.15) is 0 Å². The first-order valence-electron chi connectivity index (χ1n) is 7.40. The monoisotopic (exact) mass is 407 g/mol. The predicted molar refractivity (Wildman–Crippen MR) is 98.5 cm³/mol. The minimum absolute atomic E-state index is 0.0231. The molecule has 1 aliphatic heterocycles. The molecule has 0 aliphatic carbocycles. The van der Waals surface area contributed by atoms with Gasteiger partial charge in [-0.1, -0.05) is 33.6 Å². The lowest BCUT2D eigenvalue weighted by Crippen LogP contribution is -2.39. The third-order valence-corrected chi connectivity index (χ3v) is 4.43. The van der Waals surface area contributed by atoms with Crippen LogP contribution < -0.4 is 15.5 Å². The summed E-state index contributed by atoms with van der Waals surface area (Å²) in [5, 5.41) is 6.21. The van der Waals surface area contributed by atoms with Crippen LogP contribution in [0.4, 0.5) is 16.2 Å². The Balaban J connectivity index is 1.59. The molecule has 1 fully saturated rings. The van der Waals surface area contributed by atoms with Gasteiger partial charge in [-0.25, -0.2) is 4.79 Å². The molecule has 0 unspecified atom stereocenters. The first-order chi connectivity index (χ1) is 11.5. The standard InChI is InChI=1S/C17H15BrClN3O2/c18-11-2-1-3-13(8-11)20-17(24)21-14-9-16(23)22(10-14)15-6-4-12(19)5-7-15/h1-8,14H,9-10H2,(H2,20,21,24)/t14-/m0/s1. The Hall–Kier alpha value is -2.05. The first-order valence-corrected chi connectivity index (χ1v) is 8.57. The zero-order chi connectivity index (χ0) is 17.1. The lowest BCUT2D eigenvalue weighted by molar-refractivity contribution is -0.117. The van der Waals surface area contributed by atoms with Gasteiger partial charge in [0.05, 0.1) is 6.04 Å². The van der Waals surface area contributed by atoms with Gasteiger partial charge >= 0.3 is 6.03 Å². The minimum atomic E-state index is -0.330. The average molecular weight is 409 g/mol. The summed E-state index contributed by atoms with van der Waals surface area (Å²) < 4.78 is 0.880. The zero-order valence-corrected chi connectivity index (χ0v) is 15.0. The van der Waals surface area contributed by atoms with E-state index >= 15 is 0 Å². The SMILES string of the molecule is O=C(Nc1cccc(Br)c1)N[C@H]1CC(=O)N(c2ccc(Cl)cc2)C1. The van der Waals surface area contributed by atoms with Gasteiger partial charge in [-0.15, -0.1) is 0 Å². The van der Waals surface area contributed by atoms with Crippen molar-refractivity contribution in [1.82, 2.24) is 5.32 Å². The Bertz CT molecular complexity index is 767. The number of carbonyl (C=O) groups excluding carboxylic acids is 2. The van der Waals surface area contributed by atoms with E-state index in [-0.39, 0.29) is 24.4 Å². The van der Waals surface area contributed by atoms with Crippen LogP contribution in [0.3, 0.4) is 0 Å². The van der Waals surface area contributed by atoms with E-state index in [9.17, 15) is 9.59 Å². The number of halogens is 2. The van der Waals surface area contributed by atoms with Crippen molar-refractivity contribution in [3.8, 4) is 0 Å². The van der Waals surface area contributed by atoms with Crippen molar-refractivity contribution in [3.63, 3.8) is 0 Å². The predicted octanol–water partition coefficient (Wildman–Crippen LogP) is 4.03. The maximum absolute atomic E-state index is 12.2. The minimum Gasteiger partial charge on any atom is -0.333 e.